The number of piperidine rings is 1. The number of primary amides is 1. The first-order valence-electron chi connectivity index (χ1n) is 9.89. The van der Waals surface area contributed by atoms with Crippen molar-refractivity contribution in [1.82, 2.24) is 14.8 Å². The van der Waals surface area contributed by atoms with E-state index in [4.69, 9.17) is 5.73 Å². The van der Waals surface area contributed by atoms with Gasteiger partial charge in [-0.1, -0.05) is 17.8 Å². The van der Waals surface area contributed by atoms with Crippen LogP contribution in [-0.2, 0) is 16.1 Å². The summed E-state index contributed by atoms with van der Waals surface area (Å²) < 4.78 is 0. The summed E-state index contributed by atoms with van der Waals surface area (Å²) in [6.45, 7) is 4.44. The number of hydrogen-bond acceptors (Lipinski definition) is 6. The number of pyridine rings is 1. The molecule has 1 fully saturated rings. The van der Waals surface area contributed by atoms with E-state index in [0.29, 0.717) is 18.7 Å². The molecule has 2 N–H and O–H groups in total. The molecular formula is C21H28N4O2S2. The molecule has 1 saturated heterocycles. The van der Waals surface area contributed by atoms with E-state index in [0.717, 1.165) is 31.0 Å². The molecule has 1 unspecified atom stereocenters. The zero-order valence-electron chi connectivity index (χ0n) is 16.7. The zero-order valence-corrected chi connectivity index (χ0v) is 18.3. The maximum absolute atomic E-state index is 13.1. The van der Waals surface area contributed by atoms with Crippen LogP contribution in [0.5, 0.6) is 0 Å². The molecule has 2 aromatic rings. The molecule has 0 spiro atoms. The summed E-state index contributed by atoms with van der Waals surface area (Å²) in [4.78, 5) is 33.0. The minimum Gasteiger partial charge on any atom is -0.370 e. The van der Waals surface area contributed by atoms with Crippen LogP contribution in [0.4, 0.5) is 0 Å². The van der Waals surface area contributed by atoms with Crippen LogP contribution in [0.15, 0.2) is 46.2 Å². The maximum atomic E-state index is 13.1. The van der Waals surface area contributed by atoms with E-state index >= 15 is 0 Å². The van der Waals surface area contributed by atoms with Gasteiger partial charge < -0.3 is 10.6 Å². The second-order valence-corrected chi connectivity index (χ2v) is 9.17. The number of thiophene rings is 1. The number of rotatable bonds is 9. The van der Waals surface area contributed by atoms with Crippen molar-refractivity contribution in [2.45, 2.75) is 49.8 Å². The van der Waals surface area contributed by atoms with E-state index in [1.54, 1.807) is 17.5 Å². The SMILES string of the molecule is CC(CC(N)=O)N1CCC(N(Cc2ccsc2)C(=O)CSc2ccccn2)CC1. The molecule has 1 aliphatic heterocycles. The Labute approximate surface area is 180 Å². The number of carbonyl (C=O) groups excluding carboxylic acids is 2. The van der Waals surface area contributed by atoms with E-state index in [-0.39, 0.29) is 23.9 Å². The van der Waals surface area contributed by atoms with E-state index in [2.05, 4.69) is 26.7 Å². The first-order chi connectivity index (χ1) is 14.0. The standard InChI is InChI=1S/C21H28N4O2S2/c1-16(12-19(22)26)24-9-5-18(6-10-24)25(13-17-7-11-28-14-17)21(27)15-29-20-4-2-3-8-23-20/h2-4,7-8,11,14,16,18H,5-6,9-10,12-13,15H2,1H3,(H2,22,26). The Hall–Kier alpha value is -1.90. The number of likely N-dealkylation sites (tertiary alicyclic amines) is 1. The number of thioether (sulfide) groups is 1. The quantitative estimate of drug-likeness (QED) is 0.616. The van der Waals surface area contributed by atoms with Crippen molar-refractivity contribution >= 4 is 34.9 Å². The number of nitrogens with two attached hydrogens (primary N) is 1. The summed E-state index contributed by atoms with van der Waals surface area (Å²) in [5, 5.41) is 5.02. The van der Waals surface area contributed by atoms with Gasteiger partial charge in [0.2, 0.25) is 11.8 Å². The highest BCUT2D eigenvalue weighted by Gasteiger charge is 2.30. The average Bonchev–Trinajstić information content (AvgIpc) is 3.24. The van der Waals surface area contributed by atoms with Gasteiger partial charge >= 0.3 is 0 Å². The third-order valence-electron chi connectivity index (χ3n) is 5.29. The molecule has 0 aliphatic carbocycles. The van der Waals surface area contributed by atoms with Crippen LogP contribution >= 0.6 is 23.1 Å². The van der Waals surface area contributed by atoms with Gasteiger partial charge in [-0.15, -0.1) is 0 Å². The van der Waals surface area contributed by atoms with Gasteiger partial charge in [-0.3, -0.25) is 14.5 Å². The highest BCUT2D eigenvalue weighted by Crippen LogP contribution is 2.24. The molecule has 29 heavy (non-hydrogen) atoms. The van der Waals surface area contributed by atoms with Crippen LogP contribution in [-0.4, -0.2) is 57.5 Å². The summed E-state index contributed by atoms with van der Waals surface area (Å²) in [6.07, 6.45) is 3.95. The lowest BCUT2D eigenvalue weighted by Crippen LogP contribution is -2.50. The topological polar surface area (TPSA) is 79.5 Å². The summed E-state index contributed by atoms with van der Waals surface area (Å²) in [7, 11) is 0. The normalized spacial score (nSPS) is 16.4. The second kappa shape index (κ2) is 10.8. The molecule has 156 valence electrons. The number of aromatic nitrogens is 1. The van der Waals surface area contributed by atoms with Crippen LogP contribution in [0.2, 0.25) is 0 Å². The van der Waals surface area contributed by atoms with Crippen molar-refractivity contribution in [3.05, 3.63) is 46.8 Å². The van der Waals surface area contributed by atoms with Gasteiger partial charge in [0, 0.05) is 44.3 Å². The Kier molecular flexibility index (Phi) is 8.09. The zero-order chi connectivity index (χ0) is 20.6. The van der Waals surface area contributed by atoms with Crippen molar-refractivity contribution in [2.24, 2.45) is 5.73 Å². The van der Waals surface area contributed by atoms with Gasteiger partial charge in [-0.2, -0.15) is 11.3 Å². The Morgan fingerprint density at radius 2 is 2.14 bits per heavy atom. The summed E-state index contributed by atoms with van der Waals surface area (Å²) >= 11 is 3.14. The van der Waals surface area contributed by atoms with Crippen LogP contribution < -0.4 is 5.73 Å². The molecular weight excluding hydrogens is 404 g/mol. The summed E-state index contributed by atoms with van der Waals surface area (Å²) in [6, 6.07) is 8.19. The Morgan fingerprint density at radius 3 is 2.76 bits per heavy atom. The van der Waals surface area contributed by atoms with Crippen LogP contribution in [0.25, 0.3) is 0 Å². The lowest BCUT2D eigenvalue weighted by molar-refractivity contribution is -0.132. The van der Waals surface area contributed by atoms with E-state index in [1.165, 1.54) is 17.3 Å². The molecule has 8 heteroatoms. The molecule has 6 nitrogen and oxygen atoms in total. The number of nitrogens with zero attached hydrogens (tertiary/aromatic N) is 3. The molecule has 0 bridgehead atoms. The molecule has 0 radical (unpaired) electrons. The van der Waals surface area contributed by atoms with E-state index in [1.807, 2.05) is 30.0 Å². The largest absolute Gasteiger partial charge is 0.370 e. The molecule has 2 aromatic heterocycles. The predicted octanol–water partition coefficient (Wildman–Crippen LogP) is 2.99. The summed E-state index contributed by atoms with van der Waals surface area (Å²) in [5.41, 5.74) is 6.52. The first kappa shape index (κ1) is 21.8. The summed E-state index contributed by atoms with van der Waals surface area (Å²) in [5.74, 6) is 0.273. The van der Waals surface area contributed by atoms with E-state index < -0.39 is 0 Å². The molecule has 0 aromatic carbocycles. The highest BCUT2D eigenvalue weighted by molar-refractivity contribution is 7.99. The molecule has 3 heterocycles. The number of hydrogen-bond donors (Lipinski definition) is 1. The molecule has 2 amide bonds. The molecule has 0 saturated carbocycles. The van der Waals surface area contributed by atoms with Gasteiger partial charge in [0.15, 0.2) is 0 Å². The smallest absolute Gasteiger partial charge is 0.233 e. The number of amides is 2. The van der Waals surface area contributed by atoms with Crippen LogP contribution in [0.1, 0.15) is 31.7 Å². The Morgan fingerprint density at radius 1 is 1.34 bits per heavy atom. The van der Waals surface area contributed by atoms with Gasteiger partial charge in [-0.05, 0) is 54.3 Å². The van der Waals surface area contributed by atoms with Crippen molar-refractivity contribution in [1.29, 1.82) is 0 Å². The fourth-order valence-corrected chi connectivity index (χ4v) is 5.12. The van der Waals surface area contributed by atoms with E-state index in [9.17, 15) is 9.59 Å². The second-order valence-electron chi connectivity index (χ2n) is 7.40. The van der Waals surface area contributed by atoms with Crippen molar-refractivity contribution in [3.63, 3.8) is 0 Å². The Balaban J connectivity index is 1.61. The monoisotopic (exact) mass is 432 g/mol. The third-order valence-corrected chi connectivity index (χ3v) is 6.96. The maximum Gasteiger partial charge on any atom is 0.233 e. The predicted molar refractivity (Wildman–Crippen MR) is 118 cm³/mol. The lowest BCUT2D eigenvalue weighted by atomic mass is 10.00. The molecule has 1 aliphatic rings. The minimum absolute atomic E-state index is 0.147. The highest BCUT2D eigenvalue weighted by atomic mass is 32.2. The average molecular weight is 433 g/mol. The molecule has 1 atom stereocenters. The van der Waals surface area contributed by atoms with Crippen LogP contribution in [0, 0.1) is 0 Å². The van der Waals surface area contributed by atoms with Gasteiger partial charge in [0.25, 0.3) is 0 Å². The lowest BCUT2D eigenvalue weighted by Gasteiger charge is -2.40. The fourth-order valence-electron chi connectivity index (χ4n) is 3.71. The third kappa shape index (κ3) is 6.55. The number of carbonyl (C=O) groups is 2. The van der Waals surface area contributed by atoms with Crippen molar-refractivity contribution in [3.8, 4) is 0 Å². The van der Waals surface area contributed by atoms with Crippen molar-refractivity contribution < 1.29 is 9.59 Å². The van der Waals surface area contributed by atoms with Crippen LogP contribution in [0.3, 0.4) is 0 Å². The van der Waals surface area contributed by atoms with Crippen molar-refractivity contribution in [2.75, 3.05) is 18.8 Å². The van der Waals surface area contributed by atoms with Gasteiger partial charge in [0.05, 0.1) is 10.8 Å². The van der Waals surface area contributed by atoms with Gasteiger partial charge in [0.1, 0.15) is 0 Å². The fraction of sp³-hybridized carbons (Fsp3) is 0.476. The Bertz CT molecular complexity index is 777. The molecule has 3 rings (SSSR count). The minimum atomic E-state index is -0.263. The van der Waals surface area contributed by atoms with Gasteiger partial charge in [-0.25, -0.2) is 4.98 Å². The first-order valence-corrected chi connectivity index (χ1v) is 11.8.